The van der Waals surface area contributed by atoms with E-state index in [-0.39, 0.29) is 0 Å². The molecule has 88 valence electrons. The van der Waals surface area contributed by atoms with Crippen LogP contribution in [0.2, 0.25) is 0 Å². The second-order valence-electron chi connectivity index (χ2n) is 3.60. The summed E-state index contributed by atoms with van der Waals surface area (Å²) in [6.45, 7) is 5.55. The molecule has 0 bridgehead atoms. The van der Waals surface area contributed by atoms with Crippen LogP contribution in [0.15, 0.2) is 12.7 Å². The minimum absolute atomic E-state index is 0.296. The third kappa shape index (κ3) is 11.3. The Morgan fingerprint density at radius 3 is 2.87 bits per heavy atom. The zero-order valence-corrected chi connectivity index (χ0v) is 9.76. The van der Waals surface area contributed by atoms with Crippen molar-refractivity contribution in [3.8, 4) is 0 Å². The Kier molecular flexibility index (Phi) is 10.9. The summed E-state index contributed by atoms with van der Waals surface area (Å²) in [5.74, 6) is 0.296. The average Bonchev–Trinajstić information content (AvgIpc) is 2.24. The molecule has 0 fully saturated rings. The van der Waals surface area contributed by atoms with Gasteiger partial charge in [-0.05, 0) is 19.3 Å². The molecule has 3 heteroatoms. The van der Waals surface area contributed by atoms with Gasteiger partial charge in [0.15, 0.2) is 0 Å². The molecule has 0 aromatic rings. The third-order valence-electron chi connectivity index (χ3n) is 2.17. The fourth-order valence-electron chi connectivity index (χ4n) is 1.28. The van der Waals surface area contributed by atoms with Crippen LogP contribution in [-0.2, 0) is 9.53 Å². The van der Waals surface area contributed by atoms with Gasteiger partial charge in [-0.15, -0.1) is 6.58 Å². The number of carbonyl (C=O) groups excluding carboxylic acids is 1. The summed E-state index contributed by atoms with van der Waals surface area (Å²) in [6, 6.07) is 0. The van der Waals surface area contributed by atoms with Crippen molar-refractivity contribution in [2.75, 3.05) is 26.8 Å². The van der Waals surface area contributed by atoms with E-state index < -0.39 is 0 Å². The van der Waals surface area contributed by atoms with E-state index in [9.17, 15) is 4.79 Å². The first kappa shape index (κ1) is 14.3. The van der Waals surface area contributed by atoms with Crippen molar-refractivity contribution in [1.29, 1.82) is 0 Å². The number of hydrogen-bond donors (Lipinski definition) is 1. The maximum Gasteiger partial charge on any atom is 0.146 e. The van der Waals surface area contributed by atoms with Crippen LogP contribution in [0.3, 0.4) is 0 Å². The summed E-state index contributed by atoms with van der Waals surface area (Å²) < 4.78 is 4.87. The molecule has 0 aliphatic rings. The highest BCUT2D eigenvalue weighted by molar-refractivity contribution is 5.80. The van der Waals surface area contributed by atoms with Crippen molar-refractivity contribution in [3.63, 3.8) is 0 Å². The van der Waals surface area contributed by atoms with Crippen molar-refractivity contribution < 1.29 is 9.53 Å². The highest BCUT2D eigenvalue weighted by atomic mass is 16.5. The highest BCUT2D eigenvalue weighted by Crippen LogP contribution is 2.03. The molecule has 0 unspecified atom stereocenters. The van der Waals surface area contributed by atoms with Crippen LogP contribution >= 0.6 is 0 Å². The Balaban J connectivity index is 3.15. The normalized spacial score (nSPS) is 10.2. The topological polar surface area (TPSA) is 38.3 Å². The molecule has 0 radical (unpaired) electrons. The minimum atomic E-state index is 0.296. The molecule has 15 heavy (non-hydrogen) atoms. The smallest absolute Gasteiger partial charge is 0.146 e. The van der Waals surface area contributed by atoms with E-state index in [0.717, 1.165) is 32.2 Å². The predicted molar refractivity (Wildman–Crippen MR) is 63.0 cm³/mol. The number of carbonyl (C=O) groups is 1. The van der Waals surface area contributed by atoms with Crippen molar-refractivity contribution in [2.24, 2.45) is 0 Å². The van der Waals surface area contributed by atoms with Crippen LogP contribution in [-0.4, -0.2) is 32.6 Å². The molecule has 0 spiro atoms. The van der Waals surface area contributed by atoms with Gasteiger partial charge in [0, 0.05) is 20.1 Å². The first-order valence-corrected chi connectivity index (χ1v) is 5.63. The molecule has 0 heterocycles. The lowest BCUT2D eigenvalue weighted by atomic mass is 10.1. The number of nitrogens with one attached hydrogen (secondary N) is 1. The molecule has 0 aromatic heterocycles. The predicted octanol–water partition coefficient (Wildman–Crippen LogP) is 1.93. The van der Waals surface area contributed by atoms with Crippen LogP contribution in [0.4, 0.5) is 0 Å². The number of methoxy groups -OCH3 is 1. The van der Waals surface area contributed by atoms with E-state index in [1.165, 1.54) is 0 Å². The monoisotopic (exact) mass is 213 g/mol. The number of rotatable bonds is 11. The molecule has 0 aliphatic carbocycles. The van der Waals surface area contributed by atoms with Gasteiger partial charge in [0.2, 0.25) is 0 Å². The van der Waals surface area contributed by atoms with E-state index in [2.05, 4.69) is 11.9 Å². The first-order valence-electron chi connectivity index (χ1n) is 5.63. The molecular weight excluding hydrogens is 190 g/mol. The molecule has 0 amide bonds. The second kappa shape index (κ2) is 11.4. The number of unbranched alkanes of at least 4 members (excludes halogenated alkanes) is 3. The van der Waals surface area contributed by atoms with Gasteiger partial charge >= 0.3 is 0 Å². The van der Waals surface area contributed by atoms with Gasteiger partial charge in [-0.1, -0.05) is 12.5 Å². The zero-order chi connectivity index (χ0) is 11.4. The third-order valence-corrected chi connectivity index (χ3v) is 2.17. The fourth-order valence-corrected chi connectivity index (χ4v) is 1.28. The zero-order valence-electron chi connectivity index (χ0n) is 9.76. The summed E-state index contributed by atoms with van der Waals surface area (Å²) in [6.07, 6.45) is 6.94. The van der Waals surface area contributed by atoms with Crippen LogP contribution in [0, 0.1) is 0 Å². The lowest BCUT2D eigenvalue weighted by molar-refractivity contribution is -0.118. The van der Waals surface area contributed by atoms with Crippen LogP contribution < -0.4 is 5.32 Å². The summed E-state index contributed by atoms with van der Waals surface area (Å²) >= 11 is 0. The first-order chi connectivity index (χ1) is 7.31. The Bertz CT molecular complexity index is 169. The lowest BCUT2D eigenvalue weighted by Gasteiger charge is -2.03. The van der Waals surface area contributed by atoms with Crippen molar-refractivity contribution >= 4 is 5.78 Å². The Morgan fingerprint density at radius 2 is 2.20 bits per heavy atom. The van der Waals surface area contributed by atoms with Gasteiger partial charge in [0.05, 0.1) is 13.2 Å². The number of ether oxygens (including phenoxy) is 1. The van der Waals surface area contributed by atoms with Crippen molar-refractivity contribution in [2.45, 2.75) is 32.1 Å². The van der Waals surface area contributed by atoms with Gasteiger partial charge < -0.3 is 10.1 Å². The number of ketones is 1. The van der Waals surface area contributed by atoms with Crippen molar-refractivity contribution in [1.82, 2.24) is 5.32 Å². The van der Waals surface area contributed by atoms with Crippen LogP contribution in [0.25, 0.3) is 0 Å². The molecule has 0 saturated heterocycles. The summed E-state index contributed by atoms with van der Waals surface area (Å²) in [4.78, 5) is 11.3. The van der Waals surface area contributed by atoms with Gasteiger partial charge in [0.1, 0.15) is 5.78 Å². The Morgan fingerprint density at radius 1 is 1.40 bits per heavy atom. The van der Waals surface area contributed by atoms with E-state index in [1.807, 2.05) is 6.08 Å². The number of hydrogen-bond acceptors (Lipinski definition) is 3. The molecule has 0 atom stereocenters. The molecule has 0 saturated carbocycles. The molecule has 3 nitrogen and oxygen atoms in total. The summed E-state index contributed by atoms with van der Waals surface area (Å²) in [5, 5.41) is 3.05. The van der Waals surface area contributed by atoms with Gasteiger partial charge in [0.25, 0.3) is 0 Å². The fraction of sp³-hybridized carbons (Fsp3) is 0.750. The van der Waals surface area contributed by atoms with E-state index >= 15 is 0 Å². The molecular formula is C12H23NO2. The van der Waals surface area contributed by atoms with Crippen LogP contribution in [0.5, 0.6) is 0 Å². The number of Topliss-reactive ketones (excluding diaryl/α,β-unsaturated/α-hetero) is 1. The van der Waals surface area contributed by atoms with E-state index in [0.29, 0.717) is 25.4 Å². The molecule has 0 aromatic carbocycles. The highest BCUT2D eigenvalue weighted by Gasteiger charge is 2.00. The maximum absolute atomic E-state index is 11.3. The quantitative estimate of drug-likeness (QED) is 0.421. The van der Waals surface area contributed by atoms with Crippen molar-refractivity contribution in [3.05, 3.63) is 12.7 Å². The minimum Gasteiger partial charge on any atom is -0.383 e. The Labute approximate surface area is 92.9 Å². The standard InChI is InChI=1S/C12H23NO2/c1-3-4-5-6-7-8-12(14)11-13-9-10-15-2/h3,13H,1,4-11H2,2H3. The van der Waals surface area contributed by atoms with Crippen LogP contribution in [0.1, 0.15) is 32.1 Å². The maximum atomic E-state index is 11.3. The molecule has 0 aliphatic heterocycles. The molecule has 1 N–H and O–H groups in total. The average molecular weight is 213 g/mol. The lowest BCUT2D eigenvalue weighted by Crippen LogP contribution is -2.26. The summed E-state index contributed by atoms with van der Waals surface area (Å²) in [5.41, 5.74) is 0. The largest absolute Gasteiger partial charge is 0.383 e. The van der Waals surface area contributed by atoms with E-state index in [1.54, 1.807) is 7.11 Å². The van der Waals surface area contributed by atoms with Gasteiger partial charge in [-0.3, -0.25) is 4.79 Å². The van der Waals surface area contributed by atoms with E-state index in [4.69, 9.17) is 4.74 Å². The SMILES string of the molecule is C=CCCCCCC(=O)CNCCOC. The summed E-state index contributed by atoms with van der Waals surface area (Å²) in [7, 11) is 1.66. The van der Waals surface area contributed by atoms with Gasteiger partial charge in [-0.25, -0.2) is 0 Å². The Hall–Kier alpha value is -0.670. The second-order valence-corrected chi connectivity index (χ2v) is 3.60. The number of allylic oxidation sites excluding steroid dienone is 1. The van der Waals surface area contributed by atoms with Gasteiger partial charge in [-0.2, -0.15) is 0 Å². The molecule has 0 rings (SSSR count).